The van der Waals surface area contributed by atoms with Crippen LogP contribution in [0.4, 0.5) is 0 Å². The second kappa shape index (κ2) is 5.55. The van der Waals surface area contributed by atoms with E-state index in [1.165, 1.54) is 6.20 Å². The number of nitrogens with zero attached hydrogens (tertiary/aromatic N) is 2. The first kappa shape index (κ1) is 12.4. The molecule has 0 fully saturated rings. The fourth-order valence-corrected chi connectivity index (χ4v) is 1.60. The van der Waals surface area contributed by atoms with Crippen molar-refractivity contribution in [3.8, 4) is 0 Å². The van der Waals surface area contributed by atoms with Gasteiger partial charge in [0.25, 0.3) is 5.91 Å². The molecule has 1 aromatic carbocycles. The van der Waals surface area contributed by atoms with Gasteiger partial charge in [0.15, 0.2) is 0 Å². The van der Waals surface area contributed by atoms with Gasteiger partial charge >= 0.3 is 0 Å². The minimum atomic E-state index is -0.311. The molecule has 0 spiro atoms. The fraction of sp³-hybridized carbons (Fsp3) is 0.308. The Morgan fingerprint density at radius 1 is 1.39 bits per heavy atom. The maximum absolute atomic E-state index is 11.9. The van der Waals surface area contributed by atoms with Crippen molar-refractivity contribution < 1.29 is 9.90 Å². The van der Waals surface area contributed by atoms with Crippen molar-refractivity contribution in [2.45, 2.75) is 19.4 Å². The number of hydrogen-bond acceptors (Lipinski definition) is 4. The summed E-state index contributed by atoms with van der Waals surface area (Å²) in [5.74, 6) is -0.311. The SMILES string of the molecule is CCC(CO)NC(=O)c1cnc2ccccc2n1. The van der Waals surface area contributed by atoms with Gasteiger partial charge in [-0.2, -0.15) is 0 Å². The largest absolute Gasteiger partial charge is 0.394 e. The number of amides is 1. The third-order valence-corrected chi connectivity index (χ3v) is 2.73. The molecule has 0 aliphatic heterocycles. The zero-order valence-electron chi connectivity index (χ0n) is 10.1. The van der Waals surface area contributed by atoms with Crippen LogP contribution < -0.4 is 5.32 Å². The first-order valence-electron chi connectivity index (χ1n) is 5.88. The summed E-state index contributed by atoms with van der Waals surface area (Å²) >= 11 is 0. The Hall–Kier alpha value is -2.01. The number of nitrogens with one attached hydrogen (secondary N) is 1. The number of carbonyl (C=O) groups is 1. The number of aromatic nitrogens is 2. The first-order chi connectivity index (χ1) is 8.74. The van der Waals surface area contributed by atoms with Crippen molar-refractivity contribution in [1.29, 1.82) is 0 Å². The Balaban J connectivity index is 2.22. The Labute approximate surface area is 105 Å². The molecule has 1 unspecified atom stereocenters. The van der Waals surface area contributed by atoms with Gasteiger partial charge in [-0.3, -0.25) is 9.78 Å². The second-order valence-corrected chi connectivity index (χ2v) is 4.01. The van der Waals surface area contributed by atoms with Crippen LogP contribution in [0.15, 0.2) is 30.5 Å². The Bertz CT molecular complexity index is 553. The van der Waals surface area contributed by atoms with Gasteiger partial charge in [0.05, 0.1) is 29.9 Å². The highest BCUT2D eigenvalue weighted by Crippen LogP contribution is 2.08. The van der Waals surface area contributed by atoms with Crippen molar-refractivity contribution in [3.63, 3.8) is 0 Å². The summed E-state index contributed by atoms with van der Waals surface area (Å²) in [6, 6.07) is 7.12. The molecule has 0 aliphatic carbocycles. The van der Waals surface area contributed by atoms with Crippen molar-refractivity contribution in [2.24, 2.45) is 0 Å². The fourth-order valence-electron chi connectivity index (χ4n) is 1.60. The van der Waals surface area contributed by atoms with Gasteiger partial charge in [0, 0.05) is 0 Å². The topological polar surface area (TPSA) is 75.1 Å². The van der Waals surface area contributed by atoms with Gasteiger partial charge in [-0.1, -0.05) is 19.1 Å². The Kier molecular flexibility index (Phi) is 3.84. The molecular weight excluding hydrogens is 230 g/mol. The van der Waals surface area contributed by atoms with Crippen molar-refractivity contribution in [1.82, 2.24) is 15.3 Å². The van der Waals surface area contributed by atoms with Crippen LogP contribution in [0.25, 0.3) is 11.0 Å². The number of fused-ring (bicyclic) bond motifs is 1. The van der Waals surface area contributed by atoms with Gasteiger partial charge in [0.1, 0.15) is 5.69 Å². The van der Waals surface area contributed by atoms with Crippen molar-refractivity contribution >= 4 is 16.9 Å². The maximum Gasteiger partial charge on any atom is 0.271 e. The van der Waals surface area contributed by atoms with E-state index in [0.29, 0.717) is 11.9 Å². The van der Waals surface area contributed by atoms with Gasteiger partial charge < -0.3 is 10.4 Å². The number of aliphatic hydroxyl groups excluding tert-OH is 1. The molecule has 2 aromatic rings. The number of rotatable bonds is 4. The van der Waals surface area contributed by atoms with Crippen LogP contribution in [0.5, 0.6) is 0 Å². The van der Waals surface area contributed by atoms with Gasteiger partial charge in [-0.15, -0.1) is 0 Å². The third-order valence-electron chi connectivity index (χ3n) is 2.73. The van der Waals surface area contributed by atoms with Crippen LogP contribution in [-0.4, -0.2) is 33.6 Å². The Morgan fingerprint density at radius 3 is 2.78 bits per heavy atom. The molecule has 2 rings (SSSR count). The minimum Gasteiger partial charge on any atom is -0.394 e. The van der Waals surface area contributed by atoms with E-state index in [0.717, 1.165) is 5.52 Å². The number of aliphatic hydroxyl groups is 1. The van der Waals surface area contributed by atoms with Crippen LogP contribution in [-0.2, 0) is 0 Å². The molecule has 1 atom stereocenters. The summed E-state index contributed by atoms with van der Waals surface area (Å²) in [5, 5.41) is 11.7. The zero-order valence-corrected chi connectivity index (χ0v) is 10.1. The van der Waals surface area contributed by atoms with Gasteiger partial charge in [-0.25, -0.2) is 4.98 Å². The molecule has 5 nitrogen and oxygen atoms in total. The molecule has 1 amide bonds. The molecule has 1 heterocycles. The molecule has 5 heteroatoms. The van der Waals surface area contributed by atoms with Crippen LogP contribution >= 0.6 is 0 Å². The van der Waals surface area contributed by atoms with Crippen LogP contribution in [0, 0.1) is 0 Å². The highest BCUT2D eigenvalue weighted by atomic mass is 16.3. The van der Waals surface area contributed by atoms with Crippen molar-refractivity contribution in [2.75, 3.05) is 6.61 Å². The van der Waals surface area contributed by atoms with E-state index in [2.05, 4.69) is 15.3 Å². The normalized spacial score (nSPS) is 12.3. The maximum atomic E-state index is 11.9. The molecular formula is C13H15N3O2. The van der Waals surface area contributed by atoms with Gasteiger partial charge in [-0.05, 0) is 18.6 Å². The highest BCUT2D eigenvalue weighted by Gasteiger charge is 2.13. The monoisotopic (exact) mass is 245 g/mol. The smallest absolute Gasteiger partial charge is 0.271 e. The zero-order chi connectivity index (χ0) is 13.0. The first-order valence-corrected chi connectivity index (χ1v) is 5.88. The number of carbonyl (C=O) groups excluding carboxylic acids is 1. The third kappa shape index (κ3) is 2.62. The molecule has 2 N–H and O–H groups in total. The van der Waals surface area contributed by atoms with Crippen molar-refractivity contribution in [3.05, 3.63) is 36.2 Å². The number of para-hydroxylation sites is 2. The predicted molar refractivity (Wildman–Crippen MR) is 68.2 cm³/mol. The number of hydrogen-bond donors (Lipinski definition) is 2. The molecule has 94 valence electrons. The summed E-state index contributed by atoms with van der Waals surface area (Å²) in [6.07, 6.45) is 2.12. The van der Waals surface area contributed by atoms with E-state index in [-0.39, 0.29) is 24.2 Å². The molecule has 0 saturated carbocycles. The minimum absolute atomic E-state index is 0.0801. The molecule has 0 radical (unpaired) electrons. The average Bonchev–Trinajstić information content (AvgIpc) is 2.44. The van der Waals surface area contributed by atoms with Gasteiger partial charge in [0.2, 0.25) is 0 Å². The average molecular weight is 245 g/mol. The van der Waals surface area contributed by atoms with Crippen LogP contribution in [0.1, 0.15) is 23.8 Å². The summed E-state index contributed by atoms with van der Waals surface area (Å²) in [4.78, 5) is 20.3. The summed E-state index contributed by atoms with van der Waals surface area (Å²) in [7, 11) is 0. The van der Waals surface area contributed by atoms with Crippen LogP contribution in [0.3, 0.4) is 0 Å². The van der Waals surface area contributed by atoms with E-state index < -0.39 is 0 Å². The molecule has 18 heavy (non-hydrogen) atoms. The van der Waals surface area contributed by atoms with E-state index in [1.54, 1.807) is 0 Å². The highest BCUT2D eigenvalue weighted by molar-refractivity contribution is 5.93. The van der Waals surface area contributed by atoms with E-state index in [4.69, 9.17) is 5.11 Å². The van der Waals surface area contributed by atoms with Crippen LogP contribution in [0.2, 0.25) is 0 Å². The van der Waals surface area contributed by atoms with E-state index >= 15 is 0 Å². The summed E-state index contributed by atoms with van der Waals surface area (Å²) < 4.78 is 0. The molecule has 1 aromatic heterocycles. The lowest BCUT2D eigenvalue weighted by atomic mass is 10.2. The number of benzene rings is 1. The molecule has 0 saturated heterocycles. The molecule has 0 aliphatic rings. The Morgan fingerprint density at radius 2 is 2.11 bits per heavy atom. The standard InChI is InChI=1S/C13H15N3O2/c1-2-9(8-17)15-13(18)12-7-14-10-5-3-4-6-11(10)16-12/h3-7,9,17H,2,8H2,1H3,(H,15,18). The lowest BCUT2D eigenvalue weighted by Crippen LogP contribution is -2.37. The van der Waals surface area contributed by atoms with E-state index in [9.17, 15) is 4.79 Å². The summed E-state index contributed by atoms with van der Waals surface area (Å²) in [6.45, 7) is 1.82. The van der Waals surface area contributed by atoms with E-state index in [1.807, 2.05) is 31.2 Å². The quantitative estimate of drug-likeness (QED) is 0.846. The summed E-state index contributed by atoms with van der Waals surface area (Å²) in [5.41, 5.74) is 1.70. The lowest BCUT2D eigenvalue weighted by molar-refractivity contribution is 0.0910. The molecule has 0 bridgehead atoms. The second-order valence-electron chi connectivity index (χ2n) is 4.01. The predicted octanol–water partition coefficient (Wildman–Crippen LogP) is 1.13. The lowest BCUT2D eigenvalue weighted by Gasteiger charge is -2.13.